The first-order valence-corrected chi connectivity index (χ1v) is 8.89. The molecule has 0 saturated carbocycles. The summed E-state index contributed by atoms with van der Waals surface area (Å²) < 4.78 is 5.15. The number of phenolic OH excluding ortho intramolecular Hbond substituents is 1. The van der Waals surface area contributed by atoms with Gasteiger partial charge in [0.05, 0.1) is 18.8 Å². The van der Waals surface area contributed by atoms with Gasteiger partial charge in [0.25, 0.3) is 5.91 Å². The van der Waals surface area contributed by atoms with Crippen molar-refractivity contribution in [3.8, 4) is 22.8 Å². The lowest BCUT2D eigenvalue weighted by molar-refractivity contribution is 0.0932. The van der Waals surface area contributed by atoms with Crippen LogP contribution in [0, 0.1) is 0 Å². The minimum absolute atomic E-state index is 0.0212. The number of carbonyl (C=O) groups is 1. The Morgan fingerprint density at radius 3 is 2.85 bits per heavy atom. The fourth-order valence-corrected chi connectivity index (χ4v) is 3.50. The molecule has 1 atom stereocenters. The van der Waals surface area contributed by atoms with Crippen LogP contribution in [0.4, 0.5) is 0 Å². The highest BCUT2D eigenvalue weighted by atomic mass is 16.5. The van der Waals surface area contributed by atoms with Crippen molar-refractivity contribution in [2.24, 2.45) is 0 Å². The van der Waals surface area contributed by atoms with Crippen molar-refractivity contribution in [3.63, 3.8) is 0 Å². The lowest BCUT2D eigenvalue weighted by Gasteiger charge is -2.14. The molecule has 136 valence electrons. The third kappa shape index (κ3) is 3.36. The third-order valence-corrected chi connectivity index (χ3v) is 4.90. The second-order valence-corrected chi connectivity index (χ2v) is 6.56. The lowest BCUT2D eigenvalue weighted by atomic mass is 10.1. The molecular weight excluding hydrogens is 340 g/mol. The highest BCUT2D eigenvalue weighted by Gasteiger charge is 2.24. The molecule has 0 radical (unpaired) electrons. The summed E-state index contributed by atoms with van der Waals surface area (Å²) in [6, 6.07) is 18.6. The minimum Gasteiger partial charge on any atom is -0.504 e. The Bertz CT molecular complexity index is 1000. The number of pyridine rings is 1. The van der Waals surface area contributed by atoms with E-state index in [9.17, 15) is 9.90 Å². The summed E-state index contributed by atoms with van der Waals surface area (Å²) in [6.45, 7) is 0. The Labute approximate surface area is 157 Å². The summed E-state index contributed by atoms with van der Waals surface area (Å²) in [7, 11) is 1.50. The molecule has 5 heteroatoms. The molecular formula is C22H20N2O3. The molecule has 5 nitrogen and oxygen atoms in total. The highest BCUT2D eigenvalue weighted by Crippen LogP contribution is 2.32. The number of nitrogens with one attached hydrogen (secondary N) is 1. The Morgan fingerprint density at radius 1 is 1.15 bits per heavy atom. The first kappa shape index (κ1) is 17.1. The van der Waals surface area contributed by atoms with Gasteiger partial charge in [-0.25, -0.2) is 4.98 Å². The van der Waals surface area contributed by atoms with Crippen LogP contribution >= 0.6 is 0 Å². The van der Waals surface area contributed by atoms with E-state index in [2.05, 4.69) is 22.4 Å². The van der Waals surface area contributed by atoms with Crippen LogP contribution in [0.25, 0.3) is 11.3 Å². The molecule has 4 rings (SSSR count). The van der Waals surface area contributed by atoms with Crippen molar-refractivity contribution in [2.75, 3.05) is 7.11 Å². The van der Waals surface area contributed by atoms with Crippen LogP contribution in [0.2, 0.25) is 0 Å². The number of phenols is 1. The molecule has 1 aromatic heterocycles. The average molecular weight is 360 g/mol. The van der Waals surface area contributed by atoms with Crippen molar-refractivity contribution in [1.82, 2.24) is 10.3 Å². The zero-order valence-corrected chi connectivity index (χ0v) is 15.0. The molecule has 2 N–H and O–H groups in total. The van der Waals surface area contributed by atoms with Gasteiger partial charge in [0.2, 0.25) is 0 Å². The average Bonchev–Trinajstić information content (AvgIpc) is 3.11. The van der Waals surface area contributed by atoms with Gasteiger partial charge < -0.3 is 15.2 Å². The van der Waals surface area contributed by atoms with Gasteiger partial charge in [-0.3, -0.25) is 4.79 Å². The number of aryl methyl sites for hydroxylation is 1. The maximum Gasteiger partial charge on any atom is 0.270 e. The minimum atomic E-state index is -0.190. The van der Waals surface area contributed by atoms with Crippen LogP contribution in [0.5, 0.6) is 11.5 Å². The van der Waals surface area contributed by atoms with Crippen LogP contribution in [0.1, 0.15) is 34.1 Å². The molecule has 3 aromatic rings. The largest absolute Gasteiger partial charge is 0.504 e. The quantitative estimate of drug-likeness (QED) is 0.741. The number of benzene rings is 2. The zero-order chi connectivity index (χ0) is 18.8. The predicted octanol–water partition coefficient (Wildman–Crippen LogP) is 3.88. The summed E-state index contributed by atoms with van der Waals surface area (Å²) in [5, 5.41) is 12.9. The van der Waals surface area contributed by atoms with E-state index in [0.29, 0.717) is 17.1 Å². The van der Waals surface area contributed by atoms with Crippen LogP contribution in [-0.2, 0) is 6.42 Å². The van der Waals surface area contributed by atoms with Gasteiger partial charge in [-0.15, -0.1) is 0 Å². The molecule has 1 aliphatic carbocycles. The van der Waals surface area contributed by atoms with Gasteiger partial charge in [0.1, 0.15) is 5.69 Å². The number of methoxy groups -OCH3 is 1. The second-order valence-electron chi connectivity index (χ2n) is 6.56. The Kier molecular flexibility index (Phi) is 4.50. The molecule has 1 heterocycles. The number of hydrogen-bond donors (Lipinski definition) is 2. The number of ether oxygens (including phenoxy) is 1. The van der Waals surface area contributed by atoms with Crippen LogP contribution in [0.15, 0.2) is 60.7 Å². The highest BCUT2D eigenvalue weighted by molar-refractivity contribution is 5.93. The van der Waals surface area contributed by atoms with E-state index in [4.69, 9.17) is 4.74 Å². The van der Waals surface area contributed by atoms with E-state index in [1.165, 1.54) is 18.2 Å². The number of aromatic nitrogens is 1. The van der Waals surface area contributed by atoms with Crippen LogP contribution in [0.3, 0.4) is 0 Å². The molecule has 1 unspecified atom stereocenters. The molecule has 0 fully saturated rings. The molecule has 0 spiro atoms. The molecule has 0 bridgehead atoms. The lowest BCUT2D eigenvalue weighted by Crippen LogP contribution is -2.27. The number of nitrogens with zero attached hydrogens (tertiary/aromatic N) is 1. The van der Waals surface area contributed by atoms with E-state index in [0.717, 1.165) is 18.4 Å². The number of aromatic hydroxyl groups is 1. The third-order valence-electron chi connectivity index (χ3n) is 4.90. The summed E-state index contributed by atoms with van der Waals surface area (Å²) in [5.74, 6) is 0.242. The number of hydrogen-bond acceptors (Lipinski definition) is 4. The van der Waals surface area contributed by atoms with Crippen LogP contribution < -0.4 is 10.1 Å². The summed E-state index contributed by atoms with van der Waals surface area (Å²) in [4.78, 5) is 17.2. The second kappa shape index (κ2) is 7.11. The maximum atomic E-state index is 12.7. The van der Waals surface area contributed by atoms with Crippen molar-refractivity contribution >= 4 is 5.91 Å². The number of carbonyl (C=O) groups excluding carboxylic acids is 1. The van der Waals surface area contributed by atoms with Crippen molar-refractivity contribution in [1.29, 1.82) is 0 Å². The molecule has 0 saturated heterocycles. The molecule has 27 heavy (non-hydrogen) atoms. The van der Waals surface area contributed by atoms with Crippen LogP contribution in [-0.4, -0.2) is 23.1 Å². The fourth-order valence-electron chi connectivity index (χ4n) is 3.50. The van der Waals surface area contributed by atoms with Gasteiger partial charge in [0.15, 0.2) is 11.5 Å². The first-order valence-electron chi connectivity index (χ1n) is 8.89. The van der Waals surface area contributed by atoms with E-state index < -0.39 is 0 Å². The smallest absolute Gasteiger partial charge is 0.270 e. The number of fused-ring (bicyclic) bond motifs is 1. The monoisotopic (exact) mass is 360 g/mol. The van der Waals surface area contributed by atoms with Gasteiger partial charge in [-0.05, 0) is 54.3 Å². The molecule has 1 aliphatic rings. The Hall–Kier alpha value is -3.34. The molecule has 2 aromatic carbocycles. The van der Waals surface area contributed by atoms with E-state index >= 15 is 0 Å². The number of rotatable bonds is 4. The fraction of sp³-hybridized carbons (Fsp3) is 0.182. The van der Waals surface area contributed by atoms with Gasteiger partial charge in [-0.2, -0.15) is 0 Å². The SMILES string of the molecule is COc1cc(-c2cccc(C(=O)NC3CCc4ccccc43)n2)ccc1O. The zero-order valence-electron chi connectivity index (χ0n) is 15.0. The van der Waals surface area contributed by atoms with E-state index in [-0.39, 0.29) is 17.7 Å². The topological polar surface area (TPSA) is 71.5 Å². The van der Waals surface area contributed by atoms with E-state index in [1.54, 1.807) is 30.3 Å². The van der Waals surface area contributed by atoms with Crippen molar-refractivity contribution < 1.29 is 14.6 Å². The van der Waals surface area contributed by atoms with Gasteiger partial charge >= 0.3 is 0 Å². The Balaban J connectivity index is 1.57. The normalized spacial score (nSPS) is 15.2. The first-order chi connectivity index (χ1) is 13.2. The maximum absolute atomic E-state index is 12.7. The summed E-state index contributed by atoms with van der Waals surface area (Å²) in [6.07, 6.45) is 1.88. The standard InChI is InChI=1S/C22H20N2O3/c1-27-21-13-15(10-12-20(21)25)17-7-4-8-19(23-17)22(26)24-18-11-9-14-5-2-3-6-16(14)18/h2-8,10,12-13,18,25H,9,11H2,1H3,(H,24,26). The molecule has 0 aliphatic heterocycles. The Morgan fingerprint density at radius 2 is 2.00 bits per heavy atom. The van der Waals surface area contributed by atoms with Crippen molar-refractivity contribution in [3.05, 3.63) is 77.5 Å². The van der Waals surface area contributed by atoms with Gasteiger partial charge in [0, 0.05) is 5.56 Å². The summed E-state index contributed by atoms with van der Waals surface area (Å²) >= 11 is 0. The van der Waals surface area contributed by atoms with E-state index in [1.807, 2.05) is 18.2 Å². The molecule has 1 amide bonds. The number of amides is 1. The predicted molar refractivity (Wildman–Crippen MR) is 103 cm³/mol. The summed E-state index contributed by atoms with van der Waals surface area (Å²) in [5.41, 5.74) is 4.26. The van der Waals surface area contributed by atoms with Gasteiger partial charge in [-0.1, -0.05) is 30.3 Å². The van der Waals surface area contributed by atoms with Crippen molar-refractivity contribution in [2.45, 2.75) is 18.9 Å².